The molecular weight excluding hydrogens is 542 g/mol. The molecule has 2 N–H and O–H groups in total. The summed E-state index contributed by atoms with van der Waals surface area (Å²) in [6.45, 7) is 6.09. The molecule has 32 heavy (non-hydrogen) atoms. The lowest BCUT2D eigenvalue weighted by molar-refractivity contribution is 0.386. The molecule has 2 aromatic heterocycles. The maximum Gasteiger partial charge on any atom is 0.191 e. The number of guanidine groups is 1. The number of aromatic nitrogens is 3. The van der Waals surface area contributed by atoms with Crippen molar-refractivity contribution in [1.82, 2.24) is 25.4 Å². The Morgan fingerprint density at radius 1 is 1.34 bits per heavy atom. The lowest BCUT2D eigenvalue weighted by Gasteiger charge is -2.19. The summed E-state index contributed by atoms with van der Waals surface area (Å²) in [6, 6.07) is 9.02. The second-order valence-corrected chi connectivity index (χ2v) is 8.07. The second kappa shape index (κ2) is 13.4. The van der Waals surface area contributed by atoms with Gasteiger partial charge < -0.3 is 19.9 Å². The topological polar surface area (TPSA) is 76.4 Å². The van der Waals surface area contributed by atoms with Crippen LogP contribution in [0.25, 0.3) is 0 Å². The van der Waals surface area contributed by atoms with Crippen molar-refractivity contribution < 1.29 is 9.13 Å². The van der Waals surface area contributed by atoms with Gasteiger partial charge in [-0.3, -0.25) is 4.99 Å². The van der Waals surface area contributed by atoms with E-state index >= 15 is 0 Å². The molecule has 0 saturated carbocycles. The minimum absolute atomic E-state index is 0. The number of benzene rings is 1. The number of ether oxygens (including phenoxy) is 1. The smallest absolute Gasteiger partial charge is 0.191 e. The highest BCUT2D eigenvalue weighted by atomic mass is 127. The highest BCUT2D eigenvalue weighted by Gasteiger charge is 2.12. The van der Waals surface area contributed by atoms with E-state index in [0.29, 0.717) is 19.0 Å². The van der Waals surface area contributed by atoms with Crippen molar-refractivity contribution in [1.29, 1.82) is 0 Å². The van der Waals surface area contributed by atoms with Crippen molar-refractivity contribution in [2.24, 2.45) is 4.99 Å². The molecule has 0 fully saturated rings. The Balaban J connectivity index is 0.00000363. The Morgan fingerprint density at radius 3 is 2.88 bits per heavy atom. The molecule has 3 aromatic rings. The number of rotatable bonds is 10. The van der Waals surface area contributed by atoms with Gasteiger partial charge in [-0.25, -0.2) is 4.39 Å². The third-order valence-corrected chi connectivity index (χ3v) is 5.83. The molecule has 0 radical (unpaired) electrons. The average Bonchev–Trinajstić information content (AvgIpc) is 3.45. The van der Waals surface area contributed by atoms with Crippen LogP contribution in [0, 0.1) is 5.82 Å². The van der Waals surface area contributed by atoms with Gasteiger partial charge in [-0.05, 0) is 36.1 Å². The predicted molar refractivity (Wildman–Crippen MR) is 138 cm³/mol. The molecule has 0 aliphatic heterocycles. The lowest BCUT2D eigenvalue weighted by atomic mass is 10.1. The quantitative estimate of drug-likeness (QED) is 0.216. The molecule has 0 spiro atoms. The van der Waals surface area contributed by atoms with Crippen LogP contribution >= 0.6 is 35.3 Å². The van der Waals surface area contributed by atoms with Gasteiger partial charge in [-0.1, -0.05) is 19.1 Å². The summed E-state index contributed by atoms with van der Waals surface area (Å²) in [5, 5.41) is 16.9. The van der Waals surface area contributed by atoms with Gasteiger partial charge in [0.2, 0.25) is 0 Å². The highest BCUT2D eigenvalue weighted by Crippen LogP contribution is 2.21. The SMILES string of the molecule is CCc1nncn1CCNC(=NCCc1cccs1)NC(C)c1ccc(OC)c(F)c1.I. The Bertz CT molecular complexity index is 979. The fourth-order valence-corrected chi connectivity index (χ4v) is 3.86. The maximum absolute atomic E-state index is 14.1. The zero-order valence-electron chi connectivity index (χ0n) is 18.5. The Hall–Kier alpha value is -2.21. The third kappa shape index (κ3) is 7.44. The van der Waals surface area contributed by atoms with Crippen LogP contribution in [0.1, 0.15) is 36.2 Å². The molecule has 2 heterocycles. The minimum atomic E-state index is -0.377. The van der Waals surface area contributed by atoms with Gasteiger partial charge in [0.25, 0.3) is 0 Å². The summed E-state index contributed by atoms with van der Waals surface area (Å²) in [4.78, 5) is 6.02. The lowest BCUT2D eigenvalue weighted by Crippen LogP contribution is -2.40. The first-order valence-corrected chi connectivity index (χ1v) is 11.3. The number of hydrogen-bond donors (Lipinski definition) is 2. The zero-order valence-corrected chi connectivity index (χ0v) is 21.7. The number of nitrogens with one attached hydrogen (secondary N) is 2. The molecule has 0 amide bonds. The van der Waals surface area contributed by atoms with Gasteiger partial charge in [-0.2, -0.15) is 0 Å². The first-order chi connectivity index (χ1) is 15.1. The van der Waals surface area contributed by atoms with Crippen LogP contribution < -0.4 is 15.4 Å². The molecular formula is C22H30FIN6OS. The molecule has 10 heteroatoms. The molecule has 0 aliphatic carbocycles. The Labute approximate surface area is 209 Å². The van der Waals surface area contributed by atoms with Crippen LogP contribution in [-0.2, 0) is 19.4 Å². The van der Waals surface area contributed by atoms with E-state index in [4.69, 9.17) is 9.73 Å². The molecule has 1 atom stereocenters. The van der Waals surface area contributed by atoms with Gasteiger partial charge in [0.1, 0.15) is 12.2 Å². The second-order valence-electron chi connectivity index (χ2n) is 7.04. The standard InChI is InChI=1S/C22H29FN6OS.HI/c1-4-21-28-26-15-29(21)12-11-25-22(24-10-9-18-6-5-13-31-18)27-16(2)17-7-8-20(30-3)19(23)14-17;/h5-8,13-16H,4,9-12H2,1-3H3,(H2,24,25,27);1H. The van der Waals surface area contributed by atoms with Gasteiger partial charge in [-0.15, -0.1) is 45.5 Å². The zero-order chi connectivity index (χ0) is 22.1. The van der Waals surface area contributed by atoms with Crippen LogP contribution in [-0.4, -0.2) is 40.9 Å². The van der Waals surface area contributed by atoms with Crippen molar-refractivity contribution in [2.45, 2.75) is 39.3 Å². The average molecular weight is 572 g/mol. The van der Waals surface area contributed by atoms with Crippen molar-refractivity contribution >= 4 is 41.3 Å². The van der Waals surface area contributed by atoms with Gasteiger partial charge >= 0.3 is 0 Å². The molecule has 0 saturated heterocycles. The first kappa shape index (κ1) is 26.0. The molecule has 7 nitrogen and oxygen atoms in total. The van der Waals surface area contributed by atoms with Crippen LogP contribution in [0.3, 0.4) is 0 Å². The van der Waals surface area contributed by atoms with E-state index in [1.54, 1.807) is 23.7 Å². The summed E-state index contributed by atoms with van der Waals surface area (Å²) in [5.41, 5.74) is 0.818. The van der Waals surface area contributed by atoms with E-state index in [9.17, 15) is 4.39 Å². The van der Waals surface area contributed by atoms with E-state index in [1.807, 2.05) is 23.6 Å². The van der Waals surface area contributed by atoms with E-state index in [-0.39, 0.29) is 41.6 Å². The largest absolute Gasteiger partial charge is 0.494 e. The molecule has 3 rings (SSSR count). The number of methoxy groups -OCH3 is 1. The van der Waals surface area contributed by atoms with Crippen molar-refractivity contribution in [2.75, 3.05) is 20.2 Å². The Morgan fingerprint density at radius 2 is 2.19 bits per heavy atom. The highest BCUT2D eigenvalue weighted by molar-refractivity contribution is 14.0. The molecule has 0 aliphatic rings. The number of thiophene rings is 1. The Kier molecular flexibility index (Phi) is 10.9. The van der Waals surface area contributed by atoms with Gasteiger partial charge in [0.15, 0.2) is 17.5 Å². The van der Waals surface area contributed by atoms with Crippen molar-refractivity contribution in [3.8, 4) is 5.75 Å². The van der Waals surface area contributed by atoms with Crippen LogP contribution in [0.5, 0.6) is 5.75 Å². The van der Waals surface area contributed by atoms with Gasteiger partial charge in [0, 0.05) is 37.4 Å². The van der Waals surface area contributed by atoms with Gasteiger partial charge in [0.05, 0.1) is 13.2 Å². The van der Waals surface area contributed by atoms with Crippen molar-refractivity contribution in [3.63, 3.8) is 0 Å². The minimum Gasteiger partial charge on any atom is -0.494 e. The van der Waals surface area contributed by atoms with Crippen LogP contribution in [0.2, 0.25) is 0 Å². The summed E-state index contributed by atoms with van der Waals surface area (Å²) in [6.07, 6.45) is 3.45. The van der Waals surface area contributed by atoms with E-state index < -0.39 is 0 Å². The number of hydrogen-bond acceptors (Lipinski definition) is 5. The van der Waals surface area contributed by atoms with E-state index in [0.717, 1.165) is 30.8 Å². The molecule has 174 valence electrons. The maximum atomic E-state index is 14.1. The number of nitrogens with zero attached hydrogens (tertiary/aromatic N) is 4. The van der Waals surface area contributed by atoms with E-state index in [2.05, 4.69) is 39.2 Å². The van der Waals surface area contributed by atoms with E-state index in [1.165, 1.54) is 18.1 Å². The summed E-state index contributed by atoms with van der Waals surface area (Å²) in [5.74, 6) is 1.50. The fraction of sp³-hybridized carbons (Fsp3) is 0.409. The molecule has 1 unspecified atom stereocenters. The number of aryl methyl sites for hydroxylation is 1. The molecule has 1 aromatic carbocycles. The summed E-state index contributed by atoms with van der Waals surface area (Å²) >= 11 is 1.73. The van der Waals surface area contributed by atoms with Crippen molar-refractivity contribution in [3.05, 3.63) is 64.1 Å². The normalized spacial score (nSPS) is 12.2. The predicted octanol–water partition coefficient (Wildman–Crippen LogP) is 4.21. The first-order valence-electron chi connectivity index (χ1n) is 10.4. The number of aliphatic imine (C=N–C) groups is 1. The summed E-state index contributed by atoms with van der Waals surface area (Å²) in [7, 11) is 1.46. The van der Waals surface area contributed by atoms with Crippen LogP contribution in [0.4, 0.5) is 4.39 Å². The third-order valence-electron chi connectivity index (χ3n) is 4.89. The fourth-order valence-electron chi connectivity index (χ4n) is 3.16. The monoisotopic (exact) mass is 572 g/mol. The number of halogens is 2. The summed E-state index contributed by atoms with van der Waals surface area (Å²) < 4.78 is 21.2. The van der Waals surface area contributed by atoms with Crippen LogP contribution in [0.15, 0.2) is 47.0 Å². The molecule has 0 bridgehead atoms.